The lowest BCUT2D eigenvalue weighted by Gasteiger charge is -1.81. The van der Waals surface area contributed by atoms with Crippen LogP contribution in [0, 0.1) is 6.92 Å². The first-order chi connectivity index (χ1) is 6.26. The highest BCUT2D eigenvalue weighted by Crippen LogP contribution is 1.99. The number of imidazole rings is 1. The first-order valence-corrected chi connectivity index (χ1v) is 4.88. The van der Waals surface area contributed by atoms with Gasteiger partial charge in [0.05, 0.1) is 12.0 Å². The predicted molar refractivity (Wildman–Crippen MR) is 62.8 cm³/mol. The molecule has 0 amide bonds. The van der Waals surface area contributed by atoms with E-state index < -0.39 is 0 Å². The van der Waals surface area contributed by atoms with Crippen LogP contribution in [-0.2, 0) is 0 Å². The van der Waals surface area contributed by atoms with E-state index in [1.807, 2.05) is 20.8 Å². The lowest BCUT2D eigenvalue weighted by atomic mass is 10.3. The second kappa shape index (κ2) is 11.0. The molecule has 1 rings (SSSR count). The minimum absolute atomic E-state index is 0. The van der Waals surface area contributed by atoms with Gasteiger partial charge < -0.3 is 4.98 Å². The molecule has 0 saturated carbocycles. The average Bonchev–Trinajstić information content (AvgIpc) is 2.56. The number of hydrogen-bond acceptors (Lipinski definition) is 1. The Morgan fingerprint density at radius 3 is 2.15 bits per heavy atom. The molecule has 0 spiro atoms. The van der Waals surface area contributed by atoms with E-state index in [0.29, 0.717) is 0 Å². The Labute approximate surface area is 83.6 Å². The molecule has 0 aliphatic heterocycles. The van der Waals surface area contributed by atoms with E-state index in [4.69, 9.17) is 0 Å². The lowest BCUT2D eigenvalue weighted by Crippen LogP contribution is -1.72. The quantitative estimate of drug-likeness (QED) is 0.700. The summed E-state index contributed by atoms with van der Waals surface area (Å²) < 4.78 is 0. The monoisotopic (exact) mass is 184 g/mol. The molecule has 0 aromatic carbocycles. The topological polar surface area (TPSA) is 28.7 Å². The zero-order valence-corrected chi connectivity index (χ0v) is 9.52. The Morgan fingerprint density at radius 2 is 2.00 bits per heavy atom. The van der Waals surface area contributed by atoms with E-state index >= 15 is 0 Å². The van der Waals surface area contributed by atoms with Crippen molar-refractivity contribution < 1.29 is 1.43 Å². The molecule has 1 aromatic heterocycles. The van der Waals surface area contributed by atoms with Crippen molar-refractivity contribution in [3.63, 3.8) is 0 Å². The van der Waals surface area contributed by atoms with Crippen molar-refractivity contribution in [2.24, 2.45) is 0 Å². The van der Waals surface area contributed by atoms with Gasteiger partial charge in [0.25, 0.3) is 0 Å². The van der Waals surface area contributed by atoms with E-state index in [9.17, 15) is 0 Å². The van der Waals surface area contributed by atoms with E-state index in [2.05, 4.69) is 30.4 Å². The Morgan fingerprint density at radius 1 is 1.54 bits per heavy atom. The van der Waals surface area contributed by atoms with Gasteiger partial charge in [0.1, 0.15) is 0 Å². The van der Waals surface area contributed by atoms with Crippen molar-refractivity contribution in [1.82, 2.24) is 9.97 Å². The molecule has 0 radical (unpaired) electrons. The summed E-state index contributed by atoms with van der Waals surface area (Å²) in [6.45, 7) is 13.8. The van der Waals surface area contributed by atoms with Crippen molar-refractivity contribution >= 4 is 6.08 Å². The summed E-state index contributed by atoms with van der Waals surface area (Å²) in [7, 11) is 0. The molecule has 0 bridgehead atoms. The Bertz CT molecular complexity index is 207. The summed E-state index contributed by atoms with van der Waals surface area (Å²) in [5.74, 6) is 0. The van der Waals surface area contributed by atoms with Crippen molar-refractivity contribution in [1.29, 1.82) is 0 Å². The van der Waals surface area contributed by atoms with Crippen LogP contribution in [0.1, 0.15) is 46.9 Å². The number of aromatic amines is 1. The summed E-state index contributed by atoms with van der Waals surface area (Å²) >= 11 is 0. The van der Waals surface area contributed by atoms with Crippen LogP contribution in [0.25, 0.3) is 6.08 Å². The fraction of sp³-hybridized carbons (Fsp3) is 0.545. The normalized spacial score (nSPS) is 7.46. The first-order valence-electron chi connectivity index (χ1n) is 4.88. The van der Waals surface area contributed by atoms with Gasteiger partial charge in [0, 0.05) is 7.12 Å². The van der Waals surface area contributed by atoms with Crippen LogP contribution in [0.3, 0.4) is 0 Å². The summed E-state index contributed by atoms with van der Waals surface area (Å²) in [5.41, 5.74) is 2.00. The largest absolute Gasteiger partial charge is 0.348 e. The molecule has 2 heteroatoms. The SMILES string of the molecule is C=Cc1nc[nH]c1C.CC.CCC.[HH]. The second-order valence-electron chi connectivity index (χ2n) is 2.32. The van der Waals surface area contributed by atoms with Crippen LogP contribution >= 0.6 is 0 Å². The number of hydrogen-bond donors (Lipinski definition) is 1. The van der Waals surface area contributed by atoms with Gasteiger partial charge in [0.15, 0.2) is 0 Å². The third-order valence-electron chi connectivity index (χ3n) is 1.06. The highest BCUT2D eigenvalue weighted by Gasteiger charge is 1.90. The van der Waals surface area contributed by atoms with Crippen molar-refractivity contribution in [2.75, 3.05) is 0 Å². The Balaban J connectivity index is -0.000000176. The molecule has 0 fully saturated rings. The molecule has 0 saturated heterocycles. The van der Waals surface area contributed by atoms with Gasteiger partial charge in [-0.15, -0.1) is 0 Å². The lowest BCUT2D eigenvalue weighted by molar-refractivity contribution is 1.09. The highest BCUT2D eigenvalue weighted by atomic mass is 14.9. The van der Waals surface area contributed by atoms with Gasteiger partial charge in [-0.3, -0.25) is 0 Å². The molecule has 2 nitrogen and oxygen atoms in total. The molecular weight excluding hydrogens is 160 g/mol. The molecule has 1 N–H and O–H groups in total. The molecule has 0 unspecified atom stereocenters. The minimum Gasteiger partial charge on any atom is -0.348 e. The zero-order valence-electron chi connectivity index (χ0n) is 9.52. The maximum Gasteiger partial charge on any atom is 0.0929 e. The molecule has 1 heterocycles. The van der Waals surface area contributed by atoms with Gasteiger partial charge in [-0.25, -0.2) is 4.98 Å². The summed E-state index contributed by atoms with van der Waals surface area (Å²) in [4.78, 5) is 6.90. The van der Waals surface area contributed by atoms with Crippen LogP contribution in [0.15, 0.2) is 12.9 Å². The van der Waals surface area contributed by atoms with Crippen LogP contribution in [0.4, 0.5) is 0 Å². The van der Waals surface area contributed by atoms with E-state index in [1.54, 1.807) is 12.4 Å². The smallest absolute Gasteiger partial charge is 0.0929 e. The summed E-state index contributed by atoms with van der Waals surface area (Å²) in [6.07, 6.45) is 4.64. The molecular formula is C11H24N2. The maximum absolute atomic E-state index is 3.96. The van der Waals surface area contributed by atoms with Gasteiger partial charge >= 0.3 is 0 Å². The Kier molecular flexibility index (Phi) is 12.2. The number of H-pyrrole nitrogens is 1. The summed E-state index contributed by atoms with van der Waals surface area (Å²) in [5, 5.41) is 0. The first kappa shape index (κ1) is 14.5. The van der Waals surface area contributed by atoms with E-state index in [-0.39, 0.29) is 1.43 Å². The minimum atomic E-state index is 0. The molecule has 78 valence electrons. The third-order valence-corrected chi connectivity index (χ3v) is 1.06. The number of nitrogens with zero attached hydrogens (tertiary/aromatic N) is 1. The van der Waals surface area contributed by atoms with Crippen molar-refractivity contribution in [3.8, 4) is 0 Å². The van der Waals surface area contributed by atoms with Crippen LogP contribution < -0.4 is 0 Å². The number of aryl methyl sites for hydroxylation is 1. The maximum atomic E-state index is 3.96. The predicted octanol–water partition coefficient (Wildman–Crippen LogP) is 4.05. The average molecular weight is 184 g/mol. The van der Waals surface area contributed by atoms with Gasteiger partial charge in [-0.2, -0.15) is 0 Å². The summed E-state index contributed by atoms with van der Waals surface area (Å²) in [6, 6.07) is 0. The molecule has 0 aliphatic carbocycles. The Hall–Kier alpha value is -1.05. The van der Waals surface area contributed by atoms with Gasteiger partial charge in [-0.05, 0) is 13.0 Å². The van der Waals surface area contributed by atoms with Gasteiger partial charge in [-0.1, -0.05) is 40.7 Å². The molecule has 13 heavy (non-hydrogen) atoms. The number of nitrogens with one attached hydrogen (secondary N) is 1. The van der Waals surface area contributed by atoms with Crippen LogP contribution in [0.2, 0.25) is 0 Å². The third kappa shape index (κ3) is 7.32. The number of aromatic nitrogens is 2. The highest BCUT2D eigenvalue weighted by molar-refractivity contribution is 5.43. The fourth-order valence-electron chi connectivity index (χ4n) is 0.575. The zero-order chi connectivity index (χ0) is 10.7. The molecule has 1 aromatic rings. The number of rotatable bonds is 1. The van der Waals surface area contributed by atoms with Crippen LogP contribution in [0.5, 0.6) is 0 Å². The van der Waals surface area contributed by atoms with Crippen LogP contribution in [-0.4, -0.2) is 9.97 Å². The van der Waals surface area contributed by atoms with Crippen molar-refractivity contribution in [3.05, 3.63) is 24.3 Å². The van der Waals surface area contributed by atoms with Crippen molar-refractivity contribution in [2.45, 2.75) is 41.0 Å². The molecule has 0 atom stereocenters. The second-order valence-corrected chi connectivity index (χ2v) is 2.32. The van der Waals surface area contributed by atoms with E-state index in [0.717, 1.165) is 11.4 Å². The van der Waals surface area contributed by atoms with Gasteiger partial charge in [0.2, 0.25) is 0 Å². The standard InChI is InChI=1S/C6H8N2.C3H8.C2H6.H2/c1-3-6-5(2)7-4-8-6;1-3-2;1-2;/h3-4H,1H2,2H3,(H,7,8);3H2,1-2H3;1-2H3;1H. The van der Waals surface area contributed by atoms with E-state index in [1.165, 1.54) is 6.42 Å². The molecule has 0 aliphatic rings. The fourth-order valence-corrected chi connectivity index (χ4v) is 0.575.